The lowest BCUT2D eigenvalue weighted by molar-refractivity contribution is 0.0851. The molecule has 25 heavy (non-hydrogen) atoms. The van der Waals surface area contributed by atoms with Gasteiger partial charge in [-0.15, -0.1) is 0 Å². The van der Waals surface area contributed by atoms with Crippen LogP contribution in [0.2, 0.25) is 0 Å². The van der Waals surface area contributed by atoms with Crippen molar-refractivity contribution in [3.05, 3.63) is 71.8 Å². The van der Waals surface area contributed by atoms with Crippen LogP contribution in [-0.4, -0.2) is 11.6 Å². The van der Waals surface area contributed by atoms with Crippen molar-refractivity contribution < 1.29 is 9.59 Å². The van der Waals surface area contributed by atoms with E-state index in [0.717, 1.165) is 0 Å². The second kappa shape index (κ2) is 9.15. The molecule has 0 aliphatic carbocycles. The fourth-order valence-corrected chi connectivity index (χ4v) is 2.81. The molecule has 0 radical (unpaired) electrons. The lowest BCUT2D eigenvalue weighted by Crippen LogP contribution is -2.23. The van der Waals surface area contributed by atoms with E-state index in [1.54, 1.807) is 48.5 Å². The number of carbonyl (C=O) groups is 2. The summed E-state index contributed by atoms with van der Waals surface area (Å²) in [6.07, 6.45) is 0.248. The fourth-order valence-electron chi connectivity index (χ4n) is 2.81. The molecule has 2 atom stereocenters. The van der Waals surface area contributed by atoms with E-state index < -0.39 is 11.8 Å². The van der Waals surface area contributed by atoms with Crippen molar-refractivity contribution in [2.24, 2.45) is 11.8 Å². The molecule has 2 aromatic carbocycles. The van der Waals surface area contributed by atoms with Crippen LogP contribution >= 0.6 is 0 Å². The van der Waals surface area contributed by atoms with Crippen molar-refractivity contribution in [2.45, 2.75) is 19.3 Å². The van der Waals surface area contributed by atoms with E-state index in [-0.39, 0.29) is 30.8 Å². The summed E-state index contributed by atoms with van der Waals surface area (Å²) in [5.74, 6) is -1.52. The van der Waals surface area contributed by atoms with Crippen molar-refractivity contribution in [3.63, 3.8) is 0 Å². The monoisotopic (exact) mass is 330 g/mol. The first-order valence-electron chi connectivity index (χ1n) is 8.09. The van der Waals surface area contributed by atoms with E-state index in [9.17, 15) is 9.59 Å². The molecule has 0 aliphatic rings. The molecule has 0 N–H and O–H groups in total. The zero-order chi connectivity index (χ0) is 18.1. The van der Waals surface area contributed by atoms with E-state index in [4.69, 9.17) is 10.5 Å². The number of hydrogen-bond acceptors (Lipinski definition) is 4. The molecule has 4 nitrogen and oxygen atoms in total. The Hall–Kier alpha value is -3.24. The number of Topliss-reactive ketones (excluding diaryl/α,β-unsaturated/α-hetero) is 2. The van der Waals surface area contributed by atoms with E-state index in [0.29, 0.717) is 11.1 Å². The number of benzene rings is 2. The van der Waals surface area contributed by atoms with Gasteiger partial charge in [0.15, 0.2) is 11.6 Å². The van der Waals surface area contributed by atoms with Crippen LogP contribution in [0.15, 0.2) is 60.7 Å². The van der Waals surface area contributed by atoms with Crippen LogP contribution in [0.3, 0.4) is 0 Å². The first-order valence-corrected chi connectivity index (χ1v) is 8.09. The van der Waals surface area contributed by atoms with Crippen molar-refractivity contribution in [2.75, 3.05) is 0 Å². The zero-order valence-corrected chi connectivity index (χ0v) is 13.8. The average Bonchev–Trinajstić information content (AvgIpc) is 2.67. The first kappa shape index (κ1) is 18.1. The average molecular weight is 330 g/mol. The predicted molar refractivity (Wildman–Crippen MR) is 93.6 cm³/mol. The maximum Gasteiger partial charge on any atom is 0.166 e. The van der Waals surface area contributed by atoms with Gasteiger partial charge in [-0.25, -0.2) is 0 Å². The van der Waals surface area contributed by atoms with E-state index in [2.05, 4.69) is 0 Å². The Morgan fingerprint density at radius 2 is 1.08 bits per heavy atom. The third-order valence-corrected chi connectivity index (χ3v) is 4.10. The highest BCUT2D eigenvalue weighted by molar-refractivity contribution is 6.00. The predicted octanol–water partition coefficient (Wildman–Crippen LogP) is 4.20. The van der Waals surface area contributed by atoms with Gasteiger partial charge in [0, 0.05) is 35.8 Å². The summed E-state index contributed by atoms with van der Waals surface area (Å²) in [4.78, 5) is 25.4. The largest absolute Gasteiger partial charge is 0.294 e. The van der Waals surface area contributed by atoms with Crippen LogP contribution in [0.1, 0.15) is 40.0 Å². The van der Waals surface area contributed by atoms with Crippen LogP contribution in [-0.2, 0) is 0 Å². The van der Waals surface area contributed by atoms with Crippen LogP contribution < -0.4 is 0 Å². The highest BCUT2D eigenvalue weighted by atomic mass is 16.1. The van der Waals surface area contributed by atoms with Crippen molar-refractivity contribution in [1.82, 2.24) is 0 Å². The summed E-state index contributed by atoms with van der Waals surface area (Å²) >= 11 is 0. The molecule has 0 spiro atoms. The van der Waals surface area contributed by atoms with E-state index in [1.165, 1.54) is 0 Å². The smallest absolute Gasteiger partial charge is 0.166 e. The zero-order valence-electron chi connectivity index (χ0n) is 13.8. The molecule has 2 aromatic rings. The van der Waals surface area contributed by atoms with Crippen molar-refractivity contribution in [1.29, 1.82) is 10.5 Å². The summed E-state index contributed by atoms with van der Waals surface area (Å²) in [5.41, 5.74) is 1.04. The minimum Gasteiger partial charge on any atom is -0.294 e. The quantitative estimate of drug-likeness (QED) is 0.679. The van der Waals surface area contributed by atoms with Crippen LogP contribution in [0.5, 0.6) is 0 Å². The van der Waals surface area contributed by atoms with Crippen molar-refractivity contribution >= 4 is 11.6 Å². The Morgan fingerprint density at radius 3 is 1.40 bits per heavy atom. The standard InChI is InChI=1S/C21H18N2O2/c22-13-11-18(20(24)16-7-3-1-4-8-16)15-19(12-14-23)21(25)17-9-5-2-6-10-17/h1-10,18-19H,11-12,15H2/t18-,19+. The number of nitrogens with zero attached hydrogens (tertiary/aromatic N) is 2. The van der Waals surface area contributed by atoms with Gasteiger partial charge in [0.05, 0.1) is 12.1 Å². The molecular formula is C21H18N2O2. The maximum atomic E-state index is 12.7. The number of rotatable bonds is 8. The summed E-state index contributed by atoms with van der Waals surface area (Å²) in [6.45, 7) is 0. The molecule has 0 fully saturated rings. The summed E-state index contributed by atoms with van der Waals surface area (Å²) in [5, 5.41) is 18.2. The molecule has 4 heteroatoms. The van der Waals surface area contributed by atoms with Crippen molar-refractivity contribution in [3.8, 4) is 12.1 Å². The Balaban J connectivity index is 2.22. The van der Waals surface area contributed by atoms with E-state index in [1.807, 2.05) is 24.3 Å². The summed E-state index contributed by atoms with van der Waals surface area (Å²) in [7, 11) is 0. The SMILES string of the molecule is N#CC[C@H](C[C@H](CC#N)C(=O)c1ccccc1)C(=O)c1ccccc1. The van der Waals surface area contributed by atoms with E-state index >= 15 is 0 Å². The highest BCUT2D eigenvalue weighted by Gasteiger charge is 2.28. The Morgan fingerprint density at radius 1 is 0.720 bits per heavy atom. The van der Waals surface area contributed by atoms with Gasteiger partial charge in [0.25, 0.3) is 0 Å². The van der Waals surface area contributed by atoms with Crippen LogP contribution in [0.4, 0.5) is 0 Å². The molecule has 0 amide bonds. The molecule has 0 bridgehead atoms. The second-order valence-electron chi connectivity index (χ2n) is 5.81. The topological polar surface area (TPSA) is 81.7 Å². The molecule has 2 rings (SSSR count). The lowest BCUT2D eigenvalue weighted by atomic mass is 9.82. The minimum absolute atomic E-state index is 0.0255. The molecule has 0 unspecified atom stereocenters. The second-order valence-corrected chi connectivity index (χ2v) is 5.81. The first-order chi connectivity index (χ1) is 12.2. The fraction of sp³-hybridized carbons (Fsp3) is 0.238. The maximum absolute atomic E-state index is 12.7. The molecule has 0 aromatic heterocycles. The lowest BCUT2D eigenvalue weighted by Gasteiger charge is -2.19. The van der Waals surface area contributed by atoms with Gasteiger partial charge in [-0.1, -0.05) is 60.7 Å². The number of carbonyl (C=O) groups excluding carboxylic acids is 2. The van der Waals surface area contributed by atoms with Gasteiger partial charge >= 0.3 is 0 Å². The van der Waals surface area contributed by atoms with Gasteiger partial charge < -0.3 is 0 Å². The van der Waals surface area contributed by atoms with Gasteiger partial charge in [-0.3, -0.25) is 9.59 Å². The number of hydrogen-bond donors (Lipinski definition) is 0. The van der Waals surface area contributed by atoms with Gasteiger partial charge in [0.1, 0.15) is 0 Å². The molecule has 0 aliphatic heterocycles. The van der Waals surface area contributed by atoms with Gasteiger partial charge in [0.2, 0.25) is 0 Å². The van der Waals surface area contributed by atoms with Gasteiger partial charge in [-0.05, 0) is 6.42 Å². The molecule has 124 valence electrons. The van der Waals surface area contributed by atoms with Gasteiger partial charge in [-0.2, -0.15) is 10.5 Å². The third kappa shape index (κ3) is 4.86. The third-order valence-electron chi connectivity index (χ3n) is 4.10. The molecule has 0 saturated heterocycles. The Labute approximate surface area is 147 Å². The van der Waals surface area contributed by atoms with Crippen LogP contribution in [0, 0.1) is 34.5 Å². The normalized spacial score (nSPS) is 12.4. The number of ketones is 2. The summed E-state index contributed by atoms with van der Waals surface area (Å²) in [6, 6.07) is 21.5. The molecule has 0 heterocycles. The number of nitriles is 2. The van der Waals surface area contributed by atoms with Crippen LogP contribution in [0.25, 0.3) is 0 Å². The minimum atomic E-state index is -0.599. The summed E-state index contributed by atoms with van der Waals surface area (Å²) < 4.78 is 0. The Kier molecular flexibility index (Phi) is 6.63. The Bertz CT molecular complexity index is 732. The molecule has 0 saturated carbocycles. The molecular weight excluding hydrogens is 312 g/mol. The highest BCUT2D eigenvalue weighted by Crippen LogP contribution is 2.25.